The molecule has 0 aliphatic rings. The SMILES string of the molecule is CCC=C(C)c1ccc2ccccc2c1. The Kier molecular flexibility index (Phi) is 2.86. The lowest BCUT2D eigenvalue weighted by Gasteiger charge is -2.03. The molecule has 0 atom stereocenters. The molecule has 0 aliphatic carbocycles. The Hall–Kier alpha value is -1.56. The van der Waals surface area contributed by atoms with Gasteiger partial charge in [0.25, 0.3) is 0 Å². The number of hydrogen-bond donors (Lipinski definition) is 0. The van der Waals surface area contributed by atoms with Crippen LogP contribution in [0.5, 0.6) is 0 Å². The summed E-state index contributed by atoms with van der Waals surface area (Å²) in [5, 5.41) is 2.63. The zero-order chi connectivity index (χ0) is 10.7. The monoisotopic (exact) mass is 196 g/mol. The molecule has 0 nitrogen and oxygen atoms in total. The van der Waals surface area contributed by atoms with E-state index in [2.05, 4.69) is 62.4 Å². The molecule has 2 aromatic rings. The second kappa shape index (κ2) is 4.31. The van der Waals surface area contributed by atoms with Crippen molar-refractivity contribution in [1.29, 1.82) is 0 Å². The molecular weight excluding hydrogens is 180 g/mol. The first-order valence-corrected chi connectivity index (χ1v) is 5.47. The average molecular weight is 196 g/mol. The summed E-state index contributed by atoms with van der Waals surface area (Å²) in [7, 11) is 0. The fraction of sp³-hybridized carbons (Fsp3) is 0.200. The van der Waals surface area contributed by atoms with Crippen LogP contribution in [0.3, 0.4) is 0 Å². The van der Waals surface area contributed by atoms with E-state index in [1.54, 1.807) is 0 Å². The third-order valence-corrected chi connectivity index (χ3v) is 2.72. The van der Waals surface area contributed by atoms with Crippen molar-refractivity contribution in [1.82, 2.24) is 0 Å². The van der Waals surface area contributed by atoms with E-state index in [-0.39, 0.29) is 0 Å². The van der Waals surface area contributed by atoms with Gasteiger partial charge in [-0.3, -0.25) is 0 Å². The first kappa shape index (κ1) is 9.97. The van der Waals surface area contributed by atoms with Crippen LogP contribution in [0.25, 0.3) is 16.3 Å². The number of benzene rings is 2. The molecule has 0 bridgehead atoms. The molecule has 0 radical (unpaired) electrons. The molecule has 0 saturated heterocycles. The van der Waals surface area contributed by atoms with Crippen LogP contribution in [0.1, 0.15) is 25.8 Å². The van der Waals surface area contributed by atoms with E-state index in [0.717, 1.165) is 6.42 Å². The second-order valence-electron chi connectivity index (χ2n) is 3.86. The van der Waals surface area contributed by atoms with Crippen molar-refractivity contribution in [2.75, 3.05) is 0 Å². The third-order valence-electron chi connectivity index (χ3n) is 2.72. The van der Waals surface area contributed by atoms with Gasteiger partial charge < -0.3 is 0 Å². The minimum absolute atomic E-state index is 1.10. The van der Waals surface area contributed by atoms with Crippen molar-refractivity contribution in [3.63, 3.8) is 0 Å². The highest BCUT2D eigenvalue weighted by Crippen LogP contribution is 2.20. The molecule has 0 spiro atoms. The Morgan fingerprint density at radius 3 is 2.53 bits per heavy atom. The largest absolute Gasteiger partial charge is 0.0813 e. The number of rotatable bonds is 2. The first-order valence-electron chi connectivity index (χ1n) is 5.47. The van der Waals surface area contributed by atoms with Crippen LogP contribution in [-0.2, 0) is 0 Å². The minimum atomic E-state index is 1.10. The van der Waals surface area contributed by atoms with Crippen LogP contribution >= 0.6 is 0 Å². The molecule has 0 aliphatic heterocycles. The number of hydrogen-bond acceptors (Lipinski definition) is 0. The van der Waals surface area contributed by atoms with Gasteiger partial charge in [0.2, 0.25) is 0 Å². The van der Waals surface area contributed by atoms with Gasteiger partial charge in [-0.05, 0) is 41.3 Å². The molecule has 0 saturated carbocycles. The van der Waals surface area contributed by atoms with Gasteiger partial charge in [0.1, 0.15) is 0 Å². The maximum atomic E-state index is 2.27. The van der Waals surface area contributed by atoms with Gasteiger partial charge in [0.15, 0.2) is 0 Å². The van der Waals surface area contributed by atoms with Crippen LogP contribution in [0.4, 0.5) is 0 Å². The van der Waals surface area contributed by atoms with Crippen molar-refractivity contribution < 1.29 is 0 Å². The maximum absolute atomic E-state index is 2.27. The zero-order valence-corrected chi connectivity index (χ0v) is 9.33. The van der Waals surface area contributed by atoms with Gasteiger partial charge in [0.05, 0.1) is 0 Å². The molecular formula is C15H16. The lowest BCUT2D eigenvalue weighted by atomic mass is 10.0. The van der Waals surface area contributed by atoms with E-state index < -0.39 is 0 Å². The fourth-order valence-corrected chi connectivity index (χ4v) is 1.86. The minimum Gasteiger partial charge on any atom is -0.0813 e. The van der Waals surface area contributed by atoms with E-state index in [1.165, 1.54) is 21.9 Å². The average Bonchev–Trinajstić information content (AvgIpc) is 2.29. The second-order valence-corrected chi connectivity index (χ2v) is 3.86. The normalized spacial score (nSPS) is 12.0. The number of allylic oxidation sites excluding steroid dienone is 2. The molecule has 0 heteroatoms. The van der Waals surface area contributed by atoms with Crippen molar-refractivity contribution >= 4 is 16.3 Å². The zero-order valence-electron chi connectivity index (χ0n) is 9.33. The summed E-state index contributed by atoms with van der Waals surface area (Å²) in [6, 6.07) is 15.1. The quantitative estimate of drug-likeness (QED) is 0.655. The third kappa shape index (κ3) is 2.10. The highest BCUT2D eigenvalue weighted by Gasteiger charge is 1.97. The van der Waals surface area contributed by atoms with E-state index in [9.17, 15) is 0 Å². The summed E-state index contributed by atoms with van der Waals surface area (Å²) in [6.07, 6.45) is 3.36. The Balaban J connectivity index is 2.51. The lowest BCUT2D eigenvalue weighted by Crippen LogP contribution is -1.80. The van der Waals surface area contributed by atoms with Crippen LogP contribution in [0.2, 0.25) is 0 Å². The molecule has 0 heterocycles. The molecule has 0 unspecified atom stereocenters. The maximum Gasteiger partial charge on any atom is -0.0178 e. The summed E-state index contributed by atoms with van der Waals surface area (Å²) in [4.78, 5) is 0. The van der Waals surface area contributed by atoms with Crippen molar-refractivity contribution in [3.05, 3.63) is 54.1 Å². The molecule has 2 rings (SSSR count). The molecule has 0 fully saturated rings. The van der Waals surface area contributed by atoms with Crippen LogP contribution in [0, 0.1) is 0 Å². The van der Waals surface area contributed by atoms with Gasteiger partial charge in [-0.2, -0.15) is 0 Å². The van der Waals surface area contributed by atoms with E-state index in [4.69, 9.17) is 0 Å². The first-order chi connectivity index (χ1) is 7.31. The van der Waals surface area contributed by atoms with E-state index >= 15 is 0 Å². The highest BCUT2D eigenvalue weighted by molar-refractivity contribution is 5.86. The Labute approximate surface area is 91.2 Å². The molecule has 15 heavy (non-hydrogen) atoms. The van der Waals surface area contributed by atoms with Crippen molar-refractivity contribution in [2.45, 2.75) is 20.3 Å². The smallest absolute Gasteiger partial charge is 0.0178 e. The fourth-order valence-electron chi connectivity index (χ4n) is 1.86. The van der Waals surface area contributed by atoms with E-state index in [1.807, 2.05) is 0 Å². The summed E-state index contributed by atoms with van der Waals surface area (Å²) >= 11 is 0. The topological polar surface area (TPSA) is 0 Å². The van der Waals surface area contributed by atoms with Gasteiger partial charge in [0, 0.05) is 0 Å². The van der Waals surface area contributed by atoms with E-state index in [0.29, 0.717) is 0 Å². The van der Waals surface area contributed by atoms with Crippen LogP contribution < -0.4 is 0 Å². The summed E-state index contributed by atoms with van der Waals surface area (Å²) in [5.74, 6) is 0. The Morgan fingerprint density at radius 1 is 1.07 bits per heavy atom. The predicted octanol–water partition coefficient (Wildman–Crippen LogP) is 4.65. The Bertz CT molecular complexity index is 492. The lowest BCUT2D eigenvalue weighted by molar-refractivity contribution is 1.22. The van der Waals surface area contributed by atoms with Crippen LogP contribution in [0.15, 0.2) is 48.5 Å². The van der Waals surface area contributed by atoms with Gasteiger partial charge >= 0.3 is 0 Å². The molecule has 0 amide bonds. The van der Waals surface area contributed by atoms with Gasteiger partial charge in [-0.25, -0.2) is 0 Å². The highest BCUT2D eigenvalue weighted by atomic mass is 14.0. The summed E-state index contributed by atoms with van der Waals surface area (Å²) in [6.45, 7) is 4.35. The summed E-state index contributed by atoms with van der Waals surface area (Å²) < 4.78 is 0. The van der Waals surface area contributed by atoms with Crippen molar-refractivity contribution in [2.24, 2.45) is 0 Å². The number of fused-ring (bicyclic) bond motifs is 1. The molecule has 0 N–H and O–H groups in total. The predicted molar refractivity (Wildman–Crippen MR) is 67.9 cm³/mol. The van der Waals surface area contributed by atoms with Crippen LogP contribution in [-0.4, -0.2) is 0 Å². The van der Waals surface area contributed by atoms with Crippen molar-refractivity contribution in [3.8, 4) is 0 Å². The molecule has 0 aromatic heterocycles. The summed E-state index contributed by atoms with van der Waals surface area (Å²) in [5.41, 5.74) is 2.69. The molecule has 76 valence electrons. The van der Waals surface area contributed by atoms with Gasteiger partial charge in [-0.1, -0.05) is 49.4 Å². The molecule has 2 aromatic carbocycles. The Morgan fingerprint density at radius 2 is 1.80 bits per heavy atom. The standard InChI is InChI=1S/C15H16/c1-3-6-12(2)14-10-9-13-7-4-5-8-15(13)11-14/h4-11H,3H2,1-2H3. The van der Waals surface area contributed by atoms with Gasteiger partial charge in [-0.15, -0.1) is 0 Å².